The smallest absolute Gasteiger partial charge is 0.328 e. The molecule has 35 nitrogen and oxygen atoms in total. The normalized spacial score (nSPS) is 13.8. The Labute approximate surface area is 518 Å². The number of carbonyl (C=O) groups is 7. The van der Waals surface area contributed by atoms with Crippen LogP contribution in [0.15, 0.2) is 73.0 Å². The van der Waals surface area contributed by atoms with E-state index in [1.807, 2.05) is 20.8 Å². The molecule has 38 heteroatoms. The number of hydrogen-bond acceptors (Lipinski definition) is 29. The molecular formula is C51H60Cl2IN21O14. The van der Waals surface area contributed by atoms with E-state index in [2.05, 4.69) is 75.4 Å². The molecular weight excluding hydrogens is 1330 g/mol. The van der Waals surface area contributed by atoms with Crippen molar-refractivity contribution in [2.75, 3.05) is 30.3 Å². The van der Waals surface area contributed by atoms with Gasteiger partial charge >= 0.3 is 146 Å². The number of aromatic nitrogens is 16. The number of aromatic amines is 2. The van der Waals surface area contributed by atoms with Crippen molar-refractivity contribution in [3.05, 3.63) is 82.9 Å². The molecule has 0 saturated heterocycles. The number of nitrogen functional groups attached to an aromatic ring is 3. The summed E-state index contributed by atoms with van der Waals surface area (Å²) in [5.41, 5.74) is 19.4. The van der Waals surface area contributed by atoms with Crippen LogP contribution in [0.1, 0.15) is 78.4 Å². The molecule has 0 unspecified atom stereocenters. The molecule has 2 aliphatic heterocycles. The largest absolute Gasteiger partial charge is 0.480 e. The number of hydrogen-bond donors (Lipinski definition) is 7. The number of H-pyrrole nitrogens is 2. The monoisotopic (exact) mass is 1390 g/mol. The summed E-state index contributed by atoms with van der Waals surface area (Å²) in [6.07, 6.45) is 10.4. The van der Waals surface area contributed by atoms with Crippen molar-refractivity contribution >= 4 is 142 Å². The number of esters is 2. The van der Waals surface area contributed by atoms with Gasteiger partial charge in [-0.05, 0) is 41.5 Å². The van der Waals surface area contributed by atoms with E-state index >= 15 is 0 Å². The molecule has 0 spiro atoms. The van der Waals surface area contributed by atoms with Crippen LogP contribution in [0.2, 0.25) is 0 Å². The number of ether oxygens (including phenoxy) is 2. The van der Waals surface area contributed by atoms with Gasteiger partial charge in [-0.1, -0.05) is 0 Å². The zero-order valence-electron chi connectivity index (χ0n) is 48.8. The minimum atomic E-state index is -6.03. The Kier molecular flexibility index (Phi) is 20.8. The first-order valence-corrected chi connectivity index (χ1v) is 30.3. The molecule has 0 fully saturated rings. The number of amidine groups is 1. The summed E-state index contributed by atoms with van der Waals surface area (Å²) in [7, 11) is 0. The van der Waals surface area contributed by atoms with Gasteiger partial charge in [-0.2, -0.15) is 15.3 Å². The number of carbonyl (C=O) groups excluding carboxylic acids is 6. The van der Waals surface area contributed by atoms with Gasteiger partial charge in [0.05, 0.1) is 22.7 Å². The van der Waals surface area contributed by atoms with Crippen LogP contribution in [0.25, 0.3) is 56.1 Å². The van der Waals surface area contributed by atoms with Crippen molar-refractivity contribution in [2.45, 2.75) is 93.2 Å². The Bertz CT molecular complexity index is 4110. The van der Waals surface area contributed by atoms with Crippen LogP contribution in [0.4, 0.5) is 17.5 Å². The Morgan fingerprint density at radius 1 is 0.607 bits per heavy atom. The number of halogens is 3. The van der Waals surface area contributed by atoms with Crippen molar-refractivity contribution in [3.8, 4) is 23.0 Å². The van der Waals surface area contributed by atoms with Gasteiger partial charge in [-0.15, -0.1) is 24.8 Å². The number of nitrogens with zero attached hydrogens (tertiary/aromatic N) is 15. The molecule has 8 aromatic heterocycles. The Morgan fingerprint density at radius 3 is 1.38 bits per heavy atom. The SMILES string of the molecule is CC(=O)OI1(OC(C)=O)(OC(C)=O)OC(=O)c2ccccc21.CC(C)(C)OC(=O)Cn1nc(-c2ncc[nH]2)c2c(N)ncnc21.CC(C)(C)OC(=O)Cn1nc(C2=NCCN2)c2c(N)ncnc21.Cl.Cl.Nc1ncnc2c1c(-c1ncc[nH]1)nn2CC(=O)O. The van der Waals surface area contributed by atoms with Gasteiger partial charge in [0.15, 0.2) is 28.6 Å². The summed E-state index contributed by atoms with van der Waals surface area (Å²) < 4.78 is 35.3. The number of benzene rings is 1. The second kappa shape index (κ2) is 27.2. The average Bonchev–Trinajstić information content (AvgIpc) is 1.65. The van der Waals surface area contributed by atoms with Crippen molar-refractivity contribution < 1.29 is 60.4 Å². The number of carboxylic acid groups (broad SMARTS) is 1. The molecule has 474 valence electrons. The number of carboxylic acids is 1. The van der Waals surface area contributed by atoms with Gasteiger partial charge < -0.3 is 47.1 Å². The average molecular weight is 1390 g/mol. The molecule has 1 aromatic carbocycles. The molecule has 11 rings (SSSR count). The van der Waals surface area contributed by atoms with Crippen molar-refractivity contribution in [3.63, 3.8) is 0 Å². The number of rotatable bonds is 12. The molecule has 2 aliphatic rings. The summed E-state index contributed by atoms with van der Waals surface area (Å²) in [6.45, 7) is 14.9. The first-order chi connectivity index (χ1) is 41.0. The van der Waals surface area contributed by atoms with Crippen molar-refractivity contribution in [1.82, 2.24) is 84.5 Å². The summed E-state index contributed by atoms with van der Waals surface area (Å²) in [6, 6.07) is 5.81. The number of nitrogens with two attached hydrogens (primary N) is 3. The van der Waals surface area contributed by atoms with Gasteiger partial charge in [0, 0.05) is 31.3 Å². The maximum Gasteiger partial charge on any atom is 0.328 e. The second-order valence-electron chi connectivity index (χ2n) is 20.2. The van der Waals surface area contributed by atoms with Crippen LogP contribution in [-0.2, 0) is 70.1 Å². The Hall–Kier alpha value is -10.2. The molecule has 0 radical (unpaired) electrons. The predicted octanol–water partition coefficient (Wildman–Crippen LogP) is 3.92. The fraction of sp³-hybridized carbons (Fsp3) is 0.314. The molecule has 10 heterocycles. The molecule has 0 amide bonds. The zero-order chi connectivity index (χ0) is 63.2. The third kappa shape index (κ3) is 15.5. The zero-order valence-corrected chi connectivity index (χ0v) is 52.6. The summed E-state index contributed by atoms with van der Waals surface area (Å²) >= 11 is -6.03. The van der Waals surface area contributed by atoms with E-state index in [4.69, 9.17) is 44.0 Å². The maximum atomic E-state index is 12.1. The van der Waals surface area contributed by atoms with Crippen LogP contribution < -0.4 is 22.5 Å². The van der Waals surface area contributed by atoms with Gasteiger partial charge in [-0.3, -0.25) is 19.4 Å². The van der Waals surface area contributed by atoms with Crippen molar-refractivity contribution in [2.24, 2.45) is 4.99 Å². The van der Waals surface area contributed by atoms with Crippen LogP contribution in [0.3, 0.4) is 0 Å². The number of anilines is 3. The van der Waals surface area contributed by atoms with E-state index in [-0.39, 0.29) is 65.2 Å². The number of nitrogens with one attached hydrogen (secondary N) is 3. The van der Waals surface area contributed by atoms with E-state index < -0.39 is 71.7 Å². The standard InChI is InChI=1S/C14H19N7O2.C14H17N7O2.C13H13IO8.C10H9N7O2.2ClH/c2*1-14(2,3)23-8(22)6-21-13-9(11(15)18-7-19-13)10(20-21)12-16-4-5-17-12;1-8(15)19-14(20-9(2)16,21-10(3)17)12-7-5-4-6-11(12)13(18)22-14;11-8-6-7(9-12-1-2-13-9)16-17(3-5(18)19)10(6)15-4-14-8;;/h7H,4-6H2,1-3H3,(H,16,17)(H2,15,18,19);4-5,7H,6H2,1-3H3,(H,16,17)(H2,15,18,19);4-7H,1-3H3;1-2,4H,3H2,(H,12,13)(H,18,19)(H2,11,14,15);2*1H. The number of aliphatic imine (C=N–C) groups is 1. The number of fused-ring (bicyclic) bond motifs is 4. The first kappa shape index (κ1) is 67.9. The quantitative estimate of drug-likeness (QED) is 0.0673. The van der Waals surface area contributed by atoms with E-state index in [0.717, 1.165) is 27.3 Å². The maximum absolute atomic E-state index is 12.1. The fourth-order valence-corrected chi connectivity index (χ4v) is 16.0. The predicted molar refractivity (Wildman–Crippen MR) is 327 cm³/mol. The van der Waals surface area contributed by atoms with E-state index in [0.29, 0.717) is 80.0 Å². The van der Waals surface area contributed by atoms with Crippen LogP contribution >= 0.6 is 43.5 Å². The third-order valence-corrected chi connectivity index (χ3v) is 19.2. The third-order valence-electron chi connectivity index (χ3n) is 11.1. The molecule has 10 N–H and O–H groups in total. The van der Waals surface area contributed by atoms with Crippen LogP contribution in [0, 0.1) is 3.57 Å². The topological polar surface area (TPSA) is 486 Å². The molecule has 0 atom stereocenters. The number of imidazole rings is 2. The van der Waals surface area contributed by atoms with Gasteiger partial charge in [-0.25, -0.2) is 53.9 Å². The summed E-state index contributed by atoms with van der Waals surface area (Å²) in [5, 5.41) is 26.7. The van der Waals surface area contributed by atoms with E-state index in [1.54, 1.807) is 51.6 Å². The summed E-state index contributed by atoms with van der Waals surface area (Å²) in [5.74, 6) is -3.02. The molecule has 89 heavy (non-hydrogen) atoms. The van der Waals surface area contributed by atoms with E-state index in [1.165, 1.54) is 51.2 Å². The minimum Gasteiger partial charge on any atom is -0.480 e. The fourth-order valence-electron chi connectivity index (χ4n) is 8.27. The molecule has 0 bridgehead atoms. The molecule has 0 saturated carbocycles. The molecule has 0 aliphatic carbocycles. The number of aliphatic carboxylic acids is 1. The Morgan fingerprint density at radius 2 is 1.01 bits per heavy atom. The van der Waals surface area contributed by atoms with Gasteiger partial charge in [0.25, 0.3) is 0 Å². The Balaban J connectivity index is 0.000000188. The van der Waals surface area contributed by atoms with Crippen LogP contribution in [-0.4, -0.2) is 156 Å². The van der Waals surface area contributed by atoms with Crippen molar-refractivity contribution in [1.29, 1.82) is 0 Å². The molecule has 9 aromatic rings. The van der Waals surface area contributed by atoms with Crippen LogP contribution in [0.5, 0.6) is 0 Å². The first-order valence-electron chi connectivity index (χ1n) is 25.7. The van der Waals surface area contributed by atoms with Gasteiger partial charge in [0.2, 0.25) is 0 Å². The minimum absolute atomic E-state index is 0. The summed E-state index contributed by atoms with van der Waals surface area (Å²) in [4.78, 5) is 124. The second-order valence-corrected chi connectivity index (χ2v) is 27.1. The van der Waals surface area contributed by atoms with E-state index in [9.17, 15) is 33.6 Å². The van der Waals surface area contributed by atoms with Gasteiger partial charge in [0.1, 0.15) is 90.2 Å².